The molecular formula is C11H24N4OW. The summed E-state index contributed by atoms with van der Waals surface area (Å²) in [4.78, 5) is 14.3. The van der Waals surface area contributed by atoms with Crippen molar-refractivity contribution >= 4 is 11.7 Å². The molecule has 4 N–H and O–H groups in total. The van der Waals surface area contributed by atoms with Gasteiger partial charge in [0.05, 0.1) is 0 Å². The molecule has 0 aliphatic carbocycles. The third-order valence-corrected chi connectivity index (χ3v) is 1.58. The zero-order valence-electron chi connectivity index (χ0n) is 11.7. The first kappa shape index (κ1) is 18.8. The SMILES string of the molecule is [2H]CC(CNC(N)=NC)CC([CH2-])=O.[CH2-]NCC.[W+2]. The molecule has 0 radical (unpaired) electrons. The second kappa shape index (κ2) is 15.5. The predicted octanol–water partition coefficient (Wildman–Crippen LogP) is 0.335. The molecule has 0 aromatic carbocycles. The second-order valence-corrected chi connectivity index (χ2v) is 3.20. The van der Waals surface area contributed by atoms with E-state index in [9.17, 15) is 4.79 Å². The molecule has 1 atom stereocenters. The molecule has 0 heterocycles. The Morgan fingerprint density at radius 3 is 2.47 bits per heavy atom. The Bertz CT molecular complexity index is 225. The van der Waals surface area contributed by atoms with Crippen molar-refractivity contribution in [2.45, 2.75) is 20.2 Å². The molecule has 0 saturated carbocycles. The third-order valence-electron chi connectivity index (χ3n) is 1.58. The largest absolute Gasteiger partial charge is 2.00 e. The van der Waals surface area contributed by atoms with Crippen molar-refractivity contribution in [1.29, 1.82) is 0 Å². The Kier molecular flexibility index (Phi) is 17.1. The first-order chi connectivity index (χ1) is 8.01. The Labute approximate surface area is 121 Å². The van der Waals surface area contributed by atoms with Gasteiger partial charge in [0.2, 0.25) is 0 Å². The molecule has 17 heavy (non-hydrogen) atoms. The number of nitrogens with two attached hydrogens (primary N) is 1. The molecule has 0 rings (SSSR count). The van der Waals surface area contributed by atoms with Gasteiger partial charge in [-0.2, -0.15) is 0 Å². The monoisotopic (exact) mass is 413 g/mol. The molecule has 0 aromatic heterocycles. The number of Topliss-reactive ketones (excluding diaryl/α,β-unsaturated/α-hetero) is 1. The normalized spacial score (nSPS) is 12.4. The minimum atomic E-state index is -0.147. The van der Waals surface area contributed by atoms with Gasteiger partial charge in [0.1, 0.15) is 0 Å². The molecule has 0 fully saturated rings. The fourth-order valence-corrected chi connectivity index (χ4v) is 0.722. The summed E-state index contributed by atoms with van der Waals surface area (Å²) < 4.78 is 7.15. The van der Waals surface area contributed by atoms with E-state index in [4.69, 9.17) is 7.10 Å². The van der Waals surface area contributed by atoms with E-state index in [1.54, 1.807) is 7.05 Å². The van der Waals surface area contributed by atoms with Crippen LogP contribution in [0.25, 0.3) is 0 Å². The predicted molar refractivity (Wildman–Crippen MR) is 68.7 cm³/mol. The average molecular weight is 413 g/mol. The van der Waals surface area contributed by atoms with Crippen molar-refractivity contribution in [3.05, 3.63) is 14.0 Å². The van der Waals surface area contributed by atoms with Gasteiger partial charge in [-0.25, -0.2) is 0 Å². The van der Waals surface area contributed by atoms with E-state index < -0.39 is 0 Å². The minimum Gasteiger partial charge on any atom is -0.473 e. The minimum absolute atomic E-state index is 0. The van der Waals surface area contributed by atoms with Crippen LogP contribution in [0.4, 0.5) is 0 Å². The average Bonchev–Trinajstić information content (AvgIpc) is 2.33. The number of carbonyl (C=O) groups excluding carboxylic acids is 1. The van der Waals surface area contributed by atoms with E-state index in [0.717, 1.165) is 6.54 Å². The van der Waals surface area contributed by atoms with Gasteiger partial charge in [-0.1, -0.05) is 13.8 Å². The number of nitrogens with one attached hydrogen (secondary N) is 2. The molecule has 0 aromatic rings. The molecule has 0 saturated heterocycles. The smallest absolute Gasteiger partial charge is 0.473 e. The van der Waals surface area contributed by atoms with Gasteiger partial charge in [0.25, 0.3) is 0 Å². The number of hydrogen-bond donors (Lipinski definition) is 3. The number of aliphatic imine (C=N–C) groups is 1. The molecular weight excluding hydrogens is 388 g/mol. The van der Waals surface area contributed by atoms with Crippen molar-refractivity contribution in [3.63, 3.8) is 0 Å². The van der Waals surface area contributed by atoms with Gasteiger partial charge in [0, 0.05) is 15.0 Å². The topological polar surface area (TPSA) is 79.5 Å². The number of guanidine groups is 1. The maximum Gasteiger partial charge on any atom is 2.00 e. The number of carbonyl (C=O) groups is 1. The zero-order valence-corrected chi connectivity index (χ0v) is 13.6. The van der Waals surface area contributed by atoms with Gasteiger partial charge in [-0.3, -0.25) is 12.0 Å². The van der Waals surface area contributed by atoms with Gasteiger partial charge >= 0.3 is 21.1 Å². The Hall–Kier alpha value is -0.542. The van der Waals surface area contributed by atoms with Crippen LogP contribution in [0.15, 0.2) is 4.99 Å². The zero-order chi connectivity index (χ0) is 13.7. The number of hydrogen-bond acceptors (Lipinski definition) is 3. The van der Waals surface area contributed by atoms with Gasteiger partial charge in [-0.05, 0) is 24.7 Å². The van der Waals surface area contributed by atoms with E-state index in [2.05, 4.69) is 29.6 Å². The van der Waals surface area contributed by atoms with Crippen LogP contribution in [-0.2, 0) is 25.9 Å². The van der Waals surface area contributed by atoms with Crippen LogP contribution in [0.3, 0.4) is 0 Å². The fourth-order valence-electron chi connectivity index (χ4n) is 0.722. The van der Waals surface area contributed by atoms with Crippen LogP contribution in [0, 0.1) is 19.9 Å². The number of nitrogens with zero attached hydrogens (tertiary/aromatic N) is 1. The fraction of sp³-hybridized carbons (Fsp3) is 0.636. The van der Waals surface area contributed by atoms with Gasteiger partial charge in [-0.15, -0.1) is 0 Å². The summed E-state index contributed by atoms with van der Waals surface area (Å²) in [6.07, 6.45) is 0.313. The standard InChI is InChI=1S/C8H16N3O.C3H8N.W/c1-6(4-7(2)12)5-11-8(9)10-3;1-3-4-2;/h6H,2,4-5H2,1,3H3,(H3,9,10,11);4H,2-3H2,1H3;/q2*-1;+2/i1D;;. The Balaban J connectivity index is -0.000000392. The number of rotatable bonds is 5. The van der Waals surface area contributed by atoms with Crippen molar-refractivity contribution in [2.24, 2.45) is 16.6 Å². The van der Waals surface area contributed by atoms with Crippen LogP contribution in [0.2, 0.25) is 0 Å². The first-order valence-corrected chi connectivity index (χ1v) is 5.11. The van der Waals surface area contributed by atoms with Crippen molar-refractivity contribution in [3.8, 4) is 0 Å². The first-order valence-electron chi connectivity index (χ1n) is 5.82. The molecule has 100 valence electrons. The van der Waals surface area contributed by atoms with Gasteiger partial charge in [0.15, 0.2) is 5.96 Å². The van der Waals surface area contributed by atoms with E-state index in [1.165, 1.54) is 0 Å². The van der Waals surface area contributed by atoms with Crippen LogP contribution in [0.5, 0.6) is 0 Å². The molecule has 0 spiro atoms. The molecule has 0 aliphatic heterocycles. The van der Waals surface area contributed by atoms with E-state index in [1.807, 2.05) is 6.92 Å². The van der Waals surface area contributed by atoms with Crippen molar-refractivity contribution in [2.75, 3.05) is 20.1 Å². The summed E-state index contributed by atoms with van der Waals surface area (Å²) in [5.74, 6) is 0.145. The van der Waals surface area contributed by atoms with Crippen LogP contribution < -0.4 is 16.4 Å². The summed E-state index contributed by atoms with van der Waals surface area (Å²) >= 11 is 0. The summed E-state index contributed by atoms with van der Waals surface area (Å²) in [6.45, 7) is 6.91. The van der Waals surface area contributed by atoms with E-state index >= 15 is 0 Å². The van der Waals surface area contributed by atoms with Crippen molar-refractivity contribution in [1.82, 2.24) is 10.6 Å². The maximum atomic E-state index is 10.6. The Morgan fingerprint density at radius 1 is 1.65 bits per heavy atom. The molecule has 5 nitrogen and oxygen atoms in total. The van der Waals surface area contributed by atoms with Crippen LogP contribution >= 0.6 is 0 Å². The number of ketones is 1. The Morgan fingerprint density at radius 2 is 2.18 bits per heavy atom. The molecule has 1 unspecified atom stereocenters. The van der Waals surface area contributed by atoms with E-state index in [0.29, 0.717) is 18.9 Å². The third kappa shape index (κ3) is 21.3. The summed E-state index contributed by atoms with van der Waals surface area (Å²) in [7, 11) is 4.93. The van der Waals surface area contributed by atoms with Crippen LogP contribution in [-0.4, -0.2) is 31.9 Å². The summed E-state index contributed by atoms with van der Waals surface area (Å²) in [5.41, 5.74) is 5.38. The van der Waals surface area contributed by atoms with Crippen molar-refractivity contribution < 1.29 is 27.2 Å². The van der Waals surface area contributed by atoms with Gasteiger partial charge < -0.3 is 28.1 Å². The quantitative estimate of drug-likeness (QED) is 0.345. The molecule has 0 amide bonds. The molecule has 0 aliphatic rings. The molecule has 6 heteroatoms. The molecule has 0 bridgehead atoms. The summed E-state index contributed by atoms with van der Waals surface area (Å²) in [6, 6.07) is 0. The van der Waals surface area contributed by atoms with Crippen LogP contribution in [0.1, 0.15) is 21.6 Å². The second-order valence-electron chi connectivity index (χ2n) is 3.20. The van der Waals surface area contributed by atoms with E-state index in [-0.39, 0.29) is 39.7 Å². The maximum absolute atomic E-state index is 10.6. The summed E-state index contributed by atoms with van der Waals surface area (Å²) in [5, 5.41) is 5.50.